The smallest absolute Gasteiger partial charge is 0.109 e. The lowest BCUT2D eigenvalue weighted by Crippen LogP contribution is -1.93. The molecule has 0 saturated carbocycles. The lowest BCUT2D eigenvalue weighted by Gasteiger charge is -1.99. The molecule has 0 aromatic heterocycles. The molecule has 0 aliphatic rings. The molecule has 0 amide bonds. The van der Waals surface area contributed by atoms with E-state index in [2.05, 4.69) is 23.7 Å². The molecule has 2 aromatic carbocycles. The Morgan fingerprint density at radius 3 is 1.41 bits per heavy atom. The summed E-state index contributed by atoms with van der Waals surface area (Å²) in [4.78, 5) is 0. The third-order valence-electron chi connectivity index (χ3n) is 2.81. The Hall–Kier alpha value is -2.52. The summed E-state index contributed by atoms with van der Waals surface area (Å²) < 4.78 is 10.9. The summed E-state index contributed by atoms with van der Waals surface area (Å²) in [6, 6.07) is 20.0. The summed E-state index contributed by atoms with van der Waals surface area (Å²) in [6.45, 7) is 1.91. The van der Waals surface area contributed by atoms with E-state index in [9.17, 15) is 0 Å². The molecule has 0 aliphatic heterocycles. The van der Waals surface area contributed by atoms with Gasteiger partial charge >= 0.3 is 0 Å². The summed E-state index contributed by atoms with van der Waals surface area (Å²) in [5.41, 5.74) is 2.29. The van der Waals surface area contributed by atoms with E-state index < -0.39 is 0 Å². The number of benzene rings is 2. The minimum Gasteiger partial charge on any atom is -0.364 e. The summed E-state index contributed by atoms with van der Waals surface area (Å²) in [5.74, 6) is 11.2. The molecule has 0 unspecified atom stereocenters. The first kappa shape index (κ1) is 15.9. The standard InChI is InChI=1S/C20H18O2/c1(9-15-21-17-19-11-5-3-6-12-19)2-10-16-22-18-20-13-7-4-8-14-20/h3-8,11-14H,15-18H2. The molecule has 0 atom stereocenters. The molecular weight excluding hydrogens is 272 g/mol. The van der Waals surface area contributed by atoms with Crippen LogP contribution in [-0.2, 0) is 22.7 Å². The first-order valence-corrected chi connectivity index (χ1v) is 7.14. The summed E-state index contributed by atoms with van der Waals surface area (Å²) in [7, 11) is 0. The van der Waals surface area contributed by atoms with Crippen molar-refractivity contribution in [2.24, 2.45) is 0 Å². The van der Waals surface area contributed by atoms with E-state index in [1.165, 1.54) is 0 Å². The van der Waals surface area contributed by atoms with Crippen LogP contribution in [0.15, 0.2) is 60.7 Å². The van der Waals surface area contributed by atoms with Crippen molar-refractivity contribution in [2.45, 2.75) is 13.2 Å². The predicted octanol–water partition coefficient (Wildman–Crippen LogP) is 3.43. The molecule has 22 heavy (non-hydrogen) atoms. The van der Waals surface area contributed by atoms with Gasteiger partial charge in [-0.3, -0.25) is 0 Å². The molecule has 0 heterocycles. The fourth-order valence-electron chi connectivity index (χ4n) is 1.75. The Labute approximate surface area is 132 Å². The van der Waals surface area contributed by atoms with Crippen LogP contribution in [0.3, 0.4) is 0 Å². The maximum atomic E-state index is 5.43. The van der Waals surface area contributed by atoms with Crippen molar-refractivity contribution >= 4 is 0 Å². The van der Waals surface area contributed by atoms with Crippen molar-refractivity contribution in [3.8, 4) is 23.7 Å². The molecule has 0 radical (unpaired) electrons. The minimum absolute atomic E-state index is 0.383. The molecule has 0 fully saturated rings. The van der Waals surface area contributed by atoms with Crippen LogP contribution in [0.1, 0.15) is 11.1 Å². The highest BCUT2D eigenvalue weighted by atomic mass is 16.5. The summed E-state index contributed by atoms with van der Waals surface area (Å²) in [6.07, 6.45) is 0. The van der Waals surface area contributed by atoms with Gasteiger partial charge in [0, 0.05) is 0 Å². The molecule has 2 aromatic rings. The Balaban J connectivity index is 1.55. The number of hydrogen-bond acceptors (Lipinski definition) is 2. The fourth-order valence-corrected chi connectivity index (χ4v) is 1.75. The van der Waals surface area contributed by atoms with Crippen LogP contribution in [0, 0.1) is 23.7 Å². The van der Waals surface area contributed by atoms with Gasteiger partial charge in [-0.25, -0.2) is 0 Å². The average molecular weight is 290 g/mol. The van der Waals surface area contributed by atoms with Crippen molar-refractivity contribution in [1.29, 1.82) is 0 Å². The van der Waals surface area contributed by atoms with E-state index in [1.807, 2.05) is 60.7 Å². The van der Waals surface area contributed by atoms with E-state index in [0.29, 0.717) is 26.4 Å². The zero-order valence-corrected chi connectivity index (χ0v) is 12.4. The molecule has 0 aliphatic carbocycles. The average Bonchev–Trinajstić information content (AvgIpc) is 2.58. The van der Waals surface area contributed by atoms with E-state index in [0.717, 1.165) is 11.1 Å². The van der Waals surface area contributed by atoms with Gasteiger partial charge in [-0.15, -0.1) is 0 Å². The van der Waals surface area contributed by atoms with Gasteiger partial charge < -0.3 is 9.47 Å². The molecule has 0 N–H and O–H groups in total. The number of rotatable bonds is 6. The van der Waals surface area contributed by atoms with Gasteiger partial charge in [0.25, 0.3) is 0 Å². The topological polar surface area (TPSA) is 18.5 Å². The Kier molecular flexibility index (Phi) is 7.38. The van der Waals surface area contributed by atoms with E-state index >= 15 is 0 Å². The van der Waals surface area contributed by atoms with Crippen molar-refractivity contribution in [3.63, 3.8) is 0 Å². The molecule has 0 bridgehead atoms. The van der Waals surface area contributed by atoms with Gasteiger partial charge in [0.05, 0.1) is 13.2 Å². The fraction of sp³-hybridized carbons (Fsp3) is 0.200. The lowest BCUT2D eigenvalue weighted by atomic mass is 10.2. The highest BCUT2D eigenvalue weighted by Gasteiger charge is 1.89. The first-order valence-electron chi connectivity index (χ1n) is 7.14. The van der Waals surface area contributed by atoms with Crippen LogP contribution in [0.25, 0.3) is 0 Å². The molecular formula is C20H18O2. The molecule has 2 nitrogen and oxygen atoms in total. The van der Waals surface area contributed by atoms with Gasteiger partial charge in [-0.2, -0.15) is 0 Å². The zero-order valence-electron chi connectivity index (χ0n) is 12.4. The van der Waals surface area contributed by atoms with Crippen LogP contribution in [0.5, 0.6) is 0 Å². The quantitative estimate of drug-likeness (QED) is 0.599. The minimum atomic E-state index is 0.383. The van der Waals surface area contributed by atoms with E-state index in [1.54, 1.807) is 0 Å². The molecule has 0 saturated heterocycles. The highest BCUT2D eigenvalue weighted by Crippen LogP contribution is 2.00. The van der Waals surface area contributed by atoms with Crippen LogP contribution in [-0.4, -0.2) is 13.2 Å². The molecule has 2 heteroatoms. The van der Waals surface area contributed by atoms with Crippen molar-refractivity contribution < 1.29 is 9.47 Å². The number of ether oxygens (including phenoxy) is 2. The van der Waals surface area contributed by atoms with Gasteiger partial charge in [0.1, 0.15) is 13.2 Å². The second-order valence-corrected chi connectivity index (χ2v) is 4.56. The molecule has 110 valence electrons. The van der Waals surface area contributed by atoms with Crippen LogP contribution >= 0.6 is 0 Å². The van der Waals surface area contributed by atoms with Gasteiger partial charge in [0.15, 0.2) is 0 Å². The zero-order chi connectivity index (χ0) is 15.3. The SMILES string of the molecule is C(C#CCOCc1ccccc1)#CCOCc1ccccc1. The van der Waals surface area contributed by atoms with Gasteiger partial charge in [-0.05, 0) is 23.0 Å². The Bertz CT molecular complexity index is 593. The Morgan fingerprint density at radius 2 is 1.00 bits per heavy atom. The highest BCUT2D eigenvalue weighted by molar-refractivity contribution is 5.26. The van der Waals surface area contributed by atoms with Crippen LogP contribution in [0.4, 0.5) is 0 Å². The molecule has 2 rings (SSSR count). The van der Waals surface area contributed by atoms with Crippen molar-refractivity contribution in [3.05, 3.63) is 71.8 Å². The number of hydrogen-bond donors (Lipinski definition) is 0. The lowest BCUT2D eigenvalue weighted by molar-refractivity contribution is 0.153. The Morgan fingerprint density at radius 1 is 0.591 bits per heavy atom. The maximum Gasteiger partial charge on any atom is 0.109 e. The molecule has 0 spiro atoms. The largest absolute Gasteiger partial charge is 0.364 e. The predicted molar refractivity (Wildman–Crippen MR) is 87.7 cm³/mol. The van der Waals surface area contributed by atoms with Gasteiger partial charge in [0.2, 0.25) is 0 Å². The monoisotopic (exact) mass is 290 g/mol. The van der Waals surface area contributed by atoms with Crippen molar-refractivity contribution in [1.82, 2.24) is 0 Å². The van der Waals surface area contributed by atoms with Gasteiger partial charge in [-0.1, -0.05) is 72.5 Å². The van der Waals surface area contributed by atoms with Crippen LogP contribution < -0.4 is 0 Å². The second-order valence-electron chi connectivity index (χ2n) is 4.56. The maximum absolute atomic E-state index is 5.43. The second kappa shape index (κ2) is 10.2. The summed E-state index contributed by atoms with van der Waals surface area (Å²) in [5, 5.41) is 0. The third-order valence-corrected chi connectivity index (χ3v) is 2.81. The normalized spacial score (nSPS) is 9.27. The van der Waals surface area contributed by atoms with E-state index in [4.69, 9.17) is 9.47 Å². The van der Waals surface area contributed by atoms with Crippen molar-refractivity contribution in [2.75, 3.05) is 13.2 Å². The first-order chi connectivity index (χ1) is 10.9. The van der Waals surface area contributed by atoms with Crippen LogP contribution in [0.2, 0.25) is 0 Å². The third kappa shape index (κ3) is 6.77. The van der Waals surface area contributed by atoms with E-state index in [-0.39, 0.29) is 0 Å². The summed E-state index contributed by atoms with van der Waals surface area (Å²) >= 11 is 0.